The van der Waals surface area contributed by atoms with E-state index in [-0.39, 0.29) is 16.6 Å². The van der Waals surface area contributed by atoms with Crippen LogP contribution < -0.4 is 4.74 Å². The van der Waals surface area contributed by atoms with Gasteiger partial charge in [0.1, 0.15) is 22.7 Å². The molecule has 1 aromatic heterocycles. The van der Waals surface area contributed by atoms with Crippen molar-refractivity contribution in [2.45, 2.75) is 52.7 Å². The normalized spacial score (nSPS) is 14.2. The first-order valence-electron chi connectivity index (χ1n) is 11.8. The highest BCUT2D eigenvalue weighted by atomic mass is 35.5. The van der Waals surface area contributed by atoms with Gasteiger partial charge >= 0.3 is 0 Å². The summed E-state index contributed by atoms with van der Waals surface area (Å²) in [5.74, 6) is -1.25. The number of fused-ring (bicyclic) bond motifs is 1. The standard InChI is InChI=1S/C29H26ClF2NO3/c1-14-12-19-18(13-20(31)25(30)26(19)32)24(22(14)28(15(2)34)36-29(3,4)5)17-6-7-21-23-16(9-11-35-21)8-10-33-27(17)23/h6-8,10,12-13,28H,9,11H2,1-5H3/t28-/m1/s1. The van der Waals surface area contributed by atoms with E-state index in [2.05, 4.69) is 4.98 Å². The molecule has 0 spiro atoms. The van der Waals surface area contributed by atoms with Crippen LogP contribution in [0.3, 0.4) is 0 Å². The third-order valence-corrected chi connectivity index (χ3v) is 6.81. The lowest BCUT2D eigenvalue weighted by Gasteiger charge is -2.30. The van der Waals surface area contributed by atoms with Gasteiger partial charge in [0.05, 0.1) is 17.7 Å². The van der Waals surface area contributed by atoms with E-state index < -0.39 is 28.4 Å². The number of Topliss-reactive ketones (excluding diaryl/α,β-unsaturated/α-hetero) is 1. The lowest BCUT2D eigenvalue weighted by atomic mass is 9.84. The minimum Gasteiger partial charge on any atom is -0.493 e. The first kappa shape index (κ1) is 24.6. The summed E-state index contributed by atoms with van der Waals surface area (Å²) >= 11 is 5.95. The molecule has 0 saturated heterocycles. The molecule has 5 rings (SSSR count). The van der Waals surface area contributed by atoms with Gasteiger partial charge in [0, 0.05) is 29.0 Å². The number of hydrogen-bond acceptors (Lipinski definition) is 4. The summed E-state index contributed by atoms with van der Waals surface area (Å²) in [6.45, 7) is 9.39. The van der Waals surface area contributed by atoms with E-state index in [0.29, 0.717) is 40.1 Å². The number of ether oxygens (including phenoxy) is 2. The third kappa shape index (κ3) is 4.02. The van der Waals surface area contributed by atoms with Crippen molar-refractivity contribution in [1.82, 2.24) is 4.98 Å². The van der Waals surface area contributed by atoms with E-state index >= 15 is 4.39 Å². The van der Waals surface area contributed by atoms with Crippen LogP contribution in [0.4, 0.5) is 8.78 Å². The van der Waals surface area contributed by atoms with Gasteiger partial charge in [-0.1, -0.05) is 11.6 Å². The van der Waals surface area contributed by atoms with Crippen molar-refractivity contribution in [3.05, 3.63) is 69.9 Å². The molecule has 0 unspecified atom stereocenters. The van der Waals surface area contributed by atoms with Crippen LogP contribution in [-0.2, 0) is 16.0 Å². The summed E-state index contributed by atoms with van der Waals surface area (Å²) in [6, 6.07) is 8.44. The molecule has 2 heterocycles. The molecule has 0 saturated carbocycles. The SMILES string of the molecule is CC(=O)[C@@H](OC(C)(C)C)c1c(C)cc2c(F)c(Cl)c(F)cc2c1-c1ccc2c3c(ccnc13)CCO2. The van der Waals surface area contributed by atoms with E-state index in [1.807, 2.05) is 39.0 Å². The fourth-order valence-electron chi connectivity index (χ4n) is 5.02. The van der Waals surface area contributed by atoms with Crippen LogP contribution in [0, 0.1) is 18.6 Å². The monoisotopic (exact) mass is 509 g/mol. The van der Waals surface area contributed by atoms with Gasteiger partial charge in [0.25, 0.3) is 0 Å². The third-order valence-electron chi connectivity index (χ3n) is 6.47. The van der Waals surface area contributed by atoms with Gasteiger partial charge in [-0.05, 0) is 92.6 Å². The minimum absolute atomic E-state index is 0.160. The molecular formula is C29H26ClF2NO3. The minimum atomic E-state index is -0.965. The molecule has 0 aliphatic carbocycles. The number of benzene rings is 3. The molecule has 0 amide bonds. The smallest absolute Gasteiger partial charge is 0.163 e. The van der Waals surface area contributed by atoms with E-state index in [0.717, 1.165) is 17.4 Å². The number of aromatic nitrogens is 1. The maximum atomic E-state index is 15.3. The van der Waals surface area contributed by atoms with Gasteiger partial charge in [-0.2, -0.15) is 0 Å². The molecular weight excluding hydrogens is 484 g/mol. The number of hydrogen-bond donors (Lipinski definition) is 0. The lowest BCUT2D eigenvalue weighted by Crippen LogP contribution is -2.27. The van der Waals surface area contributed by atoms with Gasteiger partial charge in [0.15, 0.2) is 11.6 Å². The van der Waals surface area contributed by atoms with Gasteiger partial charge in [-0.15, -0.1) is 0 Å². The molecule has 4 nitrogen and oxygen atoms in total. The molecule has 1 aliphatic rings. The Morgan fingerprint density at radius 2 is 1.92 bits per heavy atom. The summed E-state index contributed by atoms with van der Waals surface area (Å²) in [7, 11) is 0. The summed E-state index contributed by atoms with van der Waals surface area (Å²) < 4.78 is 42.3. The number of ketones is 1. The van der Waals surface area contributed by atoms with Crippen molar-refractivity contribution in [2.24, 2.45) is 0 Å². The Morgan fingerprint density at radius 3 is 2.61 bits per heavy atom. The highest BCUT2D eigenvalue weighted by Crippen LogP contribution is 2.46. The highest BCUT2D eigenvalue weighted by Gasteiger charge is 2.32. The van der Waals surface area contributed by atoms with Crippen molar-refractivity contribution in [3.8, 4) is 16.9 Å². The molecule has 0 N–H and O–H groups in total. The average molecular weight is 510 g/mol. The first-order chi connectivity index (χ1) is 17.0. The number of nitrogens with zero attached hydrogens (tertiary/aromatic N) is 1. The second kappa shape index (κ2) is 8.79. The molecule has 1 atom stereocenters. The number of aryl methyl sites for hydroxylation is 1. The van der Waals surface area contributed by atoms with Crippen molar-refractivity contribution in [3.63, 3.8) is 0 Å². The van der Waals surface area contributed by atoms with Crippen molar-refractivity contribution < 1.29 is 23.0 Å². The van der Waals surface area contributed by atoms with Gasteiger partial charge in [0.2, 0.25) is 0 Å². The Labute approximate surface area is 213 Å². The van der Waals surface area contributed by atoms with Crippen LogP contribution in [0.15, 0.2) is 36.5 Å². The molecule has 0 radical (unpaired) electrons. The molecule has 1 aliphatic heterocycles. The predicted molar refractivity (Wildman–Crippen MR) is 138 cm³/mol. The molecule has 0 fully saturated rings. The van der Waals surface area contributed by atoms with Gasteiger partial charge < -0.3 is 9.47 Å². The topological polar surface area (TPSA) is 48.4 Å². The van der Waals surface area contributed by atoms with Crippen molar-refractivity contribution in [1.29, 1.82) is 0 Å². The number of pyridine rings is 1. The fourth-order valence-corrected chi connectivity index (χ4v) is 5.18. The highest BCUT2D eigenvalue weighted by molar-refractivity contribution is 6.32. The van der Waals surface area contributed by atoms with E-state index in [1.165, 1.54) is 13.0 Å². The van der Waals surface area contributed by atoms with Crippen LogP contribution in [0.25, 0.3) is 32.8 Å². The summed E-state index contributed by atoms with van der Waals surface area (Å²) in [4.78, 5) is 17.6. The van der Waals surface area contributed by atoms with Crippen LogP contribution in [0.1, 0.15) is 50.5 Å². The maximum absolute atomic E-state index is 15.3. The van der Waals surface area contributed by atoms with E-state index in [9.17, 15) is 9.18 Å². The molecule has 3 aromatic carbocycles. The fraction of sp³-hybridized carbons (Fsp3) is 0.310. The van der Waals surface area contributed by atoms with Crippen LogP contribution in [0.2, 0.25) is 5.02 Å². The summed E-state index contributed by atoms with van der Waals surface area (Å²) in [5.41, 5.74) is 3.35. The maximum Gasteiger partial charge on any atom is 0.163 e. The number of halogens is 3. The number of carbonyl (C=O) groups is 1. The number of carbonyl (C=O) groups excluding carboxylic acids is 1. The second-order valence-electron chi connectivity index (χ2n) is 10.2. The predicted octanol–water partition coefficient (Wildman–Crippen LogP) is 7.68. The van der Waals surface area contributed by atoms with Crippen molar-refractivity contribution in [2.75, 3.05) is 6.61 Å². The average Bonchev–Trinajstić information content (AvgIpc) is 2.81. The zero-order valence-electron chi connectivity index (χ0n) is 20.8. The Bertz CT molecular complexity index is 1550. The molecule has 7 heteroatoms. The Morgan fingerprint density at radius 1 is 1.17 bits per heavy atom. The largest absolute Gasteiger partial charge is 0.493 e. The first-order valence-corrected chi connectivity index (χ1v) is 12.2. The zero-order chi connectivity index (χ0) is 25.9. The van der Waals surface area contributed by atoms with Gasteiger partial charge in [-0.3, -0.25) is 9.78 Å². The Hall–Kier alpha value is -3.09. The molecule has 186 valence electrons. The van der Waals surface area contributed by atoms with Crippen LogP contribution in [-0.4, -0.2) is 23.0 Å². The van der Waals surface area contributed by atoms with E-state index in [4.69, 9.17) is 21.1 Å². The van der Waals surface area contributed by atoms with Gasteiger partial charge in [-0.25, -0.2) is 8.78 Å². The van der Waals surface area contributed by atoms with Crippen LogP contribution in [0.5, 0.6) is 5.75 Å². The number of rotatable bonds is 4. The summed E-state index contributed by atoms with van der Waals surface area (Å²) in [5, 5.41) is 0.733. The molecule has 4 aromatic rings. The lowest BCUT2D eigenvalue weighted by molar-refractivity contribution is -0.138. The quantitative estimate of drug-likeness (QED) is 0.265. The second-order valence-corrected chi connectivity index (χ2v) is 10.6. The van der Waals surface area contributed by atoms with E-state index in [1.54, 1.807) is 19.2 Å². The molecule has 0 bridgehead atoms. The summed E-state index contributed by atoms with van der Waals surface area (Å²) in [6.07, 6.45) is 1.48. The zero-order valence-corrected chi connectivity index (χ0v) is 21.5. The molecule has 36 heavy (non-hydrogen) atoms. The Balaban J connectivity index is 1.97. The van der Waals surface area contributed by atoms with Crippen molar-refractivity contribution >= 4 is 39.1 Å². The van der Waals surface area contributed by atoms with Crippen LogP contribution >= 0.6 is 11.6 Å². The Kier molecular flexibility index (Phi) is 6.00.